The summed E-state index contributed by atoms with van der Waals surface area (Å²) in [6.45, 7) is 4.42. The minimum atomic E-state index is -0.263. The molecule has 20 heavy (non-hydrogen) atoms. The standard InChI is InChI=1S/C14H25N3O3/c1-5-6-12(18)17-9-14(10-17)8-16(4)11(7-20-14)13(19)15(2)3/h11H,5-10H2,1-4H3. The van der Waals surface area contributed by atoms with Crippen LogP contribution in [0.2, 0.25) is 0 Å². The molecule has 0 saturated carbocycles. The van der Waals surface area contributed by atoms with Crippen molar-refractivity contribution in [3.8, 4) is 0 Å². The lowest BCUT2D eigenvalue weighted by atomic mass is 9.90. The lowest BCUT2D eigenvalue weighted by Gasteiger charge is -2.55. The van der Waals surface area contributed by atoms with Crippen molar-refractivity contribution < 1.29 is 14.3 Å². The van der Waals surface area contributed by atoms with E-state index in [1.54, 1.807) is 19.0 Å². The third-order valence-corrected chi connectivity index (χ3v) is 4.12. The summed E-state index contributed by atoms with van der Waals surface area (Å²) >= 11 is 0. The van der Waals surface area contributed by atoms with Crippen LogP contribution in [0, 0.1) is 0 Å². The molecule has 0 aromatic heterocycles. The van der Waals surface area contributed by atoms with Gasteiger partial charge in [0.05, 0.1) is 19.7 Å². The third-order valence-electron chi connectivity index (χ3n) is 4.12. The summed E-state index contributed by atoms with van der Waals surface area (Å²) in [6.07, 6.45) is 1.48. The highest BCUT2D eigenvalue weighted by Gasteiger charge is 2.51. The molecule has 1 unspecified atom stereocenters. The summed E-state index contributed by atoms with van der Waals surface area (Å²) in [6, 6.07) is -0.212. The molecule has 0 aromatic rings. The Hall–Kier alpha value is -1.14. The van der Waals surface area contributed by atoms with Gasteiger partial charge in [0.15, 0.2) is 0 Å². The van der Waals surface area contributed by atoms with Crippen LogP contribution in [0.5, 0.6) is 0 Å². The van der Waals surface area contributed by atoms with E-state index >= 15 is 0 Å². The molecule has 2 aliphatic rings. The second-order valence-corrected chi connectivity index (χ2v) is 6.16. The third kappa shape index (κ3) is 2.81. The molecule has 1 spiro atoms. The van der Waals surface area contributed by atoms with Crippen molar-refractivity contribution in [1.82, 2.24) is 14.7 Å². The van der Waals surface area contributed by atoms with Crippen LogP contribution < -0.4 is 0 Å². The monoisotopic (exact) mass is 283 g/mol. The zero-order chi connectivity index (χ0) is 14.9. The molecule has 2 aliphatic heterocycles. The van der Waals surface area contributed by atoms with E-state index in [0.29, 0.717) is 32.7 Å². The first-order valence-corrected chi connectivity index (χ1v) is 7.22. The summed E-state index contributed by atoms with van der Waals surface area (Å²) in [5.74, 6) is 0.274. The maximum atomic E-state index is 12.0. The van der Waals surface area contributed by atoms with Crippen LogP contribution in [0.4, 0.5) is 0 Å². The number of amides is 2. The first-order chi connectivity index (χ1) is 9.38. The first kappa shape index (κ1) is 15.3. The number of likely N-dealkylation sites (tertiary alicyclic amines) is 1. The highest BCUT2D eigenvalue weighted by atomic mass is 16.5. The minimum Gasteiger partial charge on any atom is -0.368 e. The zero-order valence-electron chi connectivity index (χ0n) is 12.9. The number of ether oxygens (including phenoxy) is 1. The smallest absolute Gasteiger partial charge is 0.241 e. The number of hydrogen-bond donors (Lipinski definition) is 0. The molecule has 2 heterocycles. The van der Waals surface area contributed by atoms with Gasteiger partial charge >= 0.3 is 0 Å². The molecular weight excluding hydrogens is 258 g/mol. The summed E-state index contributed by atoms with van der Waals surface area (Å²) < 4.78 is 5.93. The average molecular weight is 283 g/mol. The van der Waals surface area contributed by atoms with Crippen LogP contribution in [0.3, 0.4) is 0 Å². The van der Waals surface area contributed by atoms with E-state index in [9.17, 15) is 9.59 Å². The number of hydrogen-bond acceptors (Lipinski definition) is 4. The number of rotatable bonds is 3. The summed E-state index contributed by atoms with van der Waals surface area (Å²) in [5, 5.41) is 0. The van der Waals surface area contributed by atoms with Crippen molar-refractivity contribution in [1.29, 1.82) is 0 Å². The van der Waals surface area contributed by atoms with E-state index in [1.165, 1.54) is 0 Å². The van der Waals surface area contributed by atoms with E-state index in [-0.39, 0.29) is 23.5 Å². The molecule has 2 amide bonds. The van der Waals surface area contributed by atoms with Gasteiger partial charge < -0.3 is 14.5 Å². The van der Waals surface area contributed by atoms with Crippen molar-refractivity contribution >= 4 is 11.8 Å². The number of morpholine rings is 1. The van der Waals surface area contributed by atoms with Gasteiger partial charge in [-0.2, -0.15) is 0 Å². The molecule has 2 fully saturated rings. The SMILES string of the molecule is CCCC(=O)N1CC2(C1)CN(C)C(C(=O)N(C)C)CO2. The van der Waals surface area contributed by atoms with Gasteiger partial charge in [-0.3, -0.25) is 14.5 Å². The molecule has 2 rings (SSSR count). The Bertz CT molecular complexity index is 391. The second-order valence-electron chi connectivity index (χ2n) is 6.16. The summed E-state index contributed by atoms with van der Waals surface area (Å²) in [4.78, 5) is 29.3. The topological polar surface area (TPSA) is 53.1 Å². The fourth-order valence-electron chi connectivity index (χ4n) is 2.94. The van der Waals surface area contributed by atoms with E-state index in [4.69, 9.17) is 4.74 Å². The molecule has 6 heteroatoms. The molecule has 0 radical (unpaired) electrons. The molecular formula is C14H25N3O3. The Morgan fingerprint density at radius 3 is 2.45 bits per heavy atom. The highest BCUT2D eigenvalue weighted by molar-refractivity contribution is 5.81. The van der Waals surface area contributed by atoms with Gasteiger partial charge in [-0.1, -0.05) is 6.92 Å². The Labute approximate surface area is 120 Å². The van der Waals surface area contributed by atoms with Gasteiger partial charge in [0.1, 0.15) is 11.6 Å². The van der Waals surface area contributed by atoms with Crippen molar-refractivity contribution in [3.05, 3.63) is 0 Å². The van der Waals surface area contributed by atoms with Crippen molar-refractivity contribution in [2.24, 2.45) is 0 Å². The Kier molecular flexibility index (Phi) is 4.34. The fraction of sp³-hybridized carbons (Fsp3) is 0.857. The number of nitrogens with zero attached hydrogens (tertiary/aromatic N) is 3. The van der Waals surface area contributed by atoms with E-state index in [2.05, 4.69) is 0 Å². The van der Waals surface area contributed by atoms with Crippen LogP contribution in [0.15, 0.2) is 0 Å². The number of likely N-dealkylation sites (N-methyl/N-ethyl adjacent to an activating group) is 2. The quantitative estimate of drug-likeness (QED) is 0.719. The number of carbonyl (C=O) groups is 2. The average Bonchev–Trinajstić information content (AvgIpc) is 2.35. The van der Waals surface area contributed by atoms with Gasteiger partial charge in [-0.05, 0) is 13.5 Å². The minimum absolute atomic E-state index is 0.0700. The van der Waals surface area contributed by atoms with Crippen LogP contribution in [0.25, 0.3) is 0 Å². The lowest BCUT2D eigenvalue weighted by Crippen LogP contribution is -2.73. The summed E-state index contributed by atoms with van der Waals surface area (Å²) in [5.41, 5.74) is -0.263. The van der Waals surface area contributed by atoms with Crippen LogP contribution >= 0.6 is 0 Å². The Balaban J connectivity index is 1.88. The Morgan fingerprint density at radius 1 is 1.30 bits per heavy atom. The fourth-order valence-corrected chi connectivity index (χ4v) is 2.94. The molecule has 0 aliphatic carbocycles. The van der Waals surface area contributed by atoms with Gasteiger partial charge in [-0.25, -0.2) is 0 Å². The van der Waals surface area contributed by atoms with Gasteiger partial charge in [-0.15, -0.1) is 0 Å². The van der Waals surface area contributed by atoms with Crippen LogP contribution in [-0.4, -0.2) is 85.5 Å². The maximum absolute atomic E-state index is 12.0. The predicted molar refractivity (Wildman–Crippen MR) is 75.3 cm³/mol. The van der Waals surface area contributed by atoms with Gasteiger partial charge in [0.25, 0.3) is 0 Å². The van der Waals surface area contributed by atoms with Crippen molar-refractivity contribution in [2.75, 3.05) is 47.4 Å². The largest absolute Gasteiger partial charge is 0.368 e. The molecule has 1 atom stereocenters. The van der Waals surface area contributed by atoms with Crippen molar-refractivity contribution in [2.45, 2.75) is 31.4 Å². The van der Waals surface area contributed by atoms with Gasteiger partial charge in [0, 0.05) is 27.1 Å². The molecule has 0 bridgehead atoms. The first-order valence-electron chi connectivity index (χ1n) is 7.22. The molecule has 114 valence electrons. The molecule has 0 aromatic carbocycles. The van der Waals surface area contributed by atoms with E-state index in [1.807, 2.05) is 23.8 Å². The van der Waals surface area contributed by atoms with Crippen LogP contribution in [-0.2, 0) is 14.3 Å². The highest BCUT2D eigenvalue weighted by Crippen LogP contribution is 2.31. The summed E-state index contributed by atoms with van der Waals surface area (Å²) in [7, 11) is 5.47. The lowest BCUT2D eigenvalue weighted by molar-refractivity contribution is -0.202. The van der Waals surface area contributed by atoms with E-state index in [0.717, 1.165) is 6.42 Å². The van der Waals surface area contributed by atoms with Crippen LogP contribution in [0.1, 0.15) is 19.8 Å². The Morgan fingerprint density at radius 2 is 1.95 bits per heavy atom. The predicted octanol–water partition coefficient (Wildman–Crippen LogP) is -0.214. The van der Waals surface area contributed by atoms with Crippen molar-refractivity contribution in [3.63, 3.8) is 0 Å². The normalized spacial score (nSPS) is 25.4. The maximum Gasteiger partial charge on any atom is 0.241 e. The molecule has 6 nitrogen and oxygen atoms in total. The molecule has 0 N–H and O–H groups in total. The van der Waals surface area contributed by atoms with Gasteiger partial charge in [0.2, 0.25) is 11.8 Å². The van der Waals surface area contributed by atoms with E-state index < -0.39 is 0 Å². The second kappa shape index (κ2) is 5.69. The molecule has 2 saturated heterocycles. The number of carbonyl (C=O) groups excluding carboxylic acids is 2. The zero-order valence-corrected chi connectivity index (χ0v) is 12.9.